The van der Waals surface area contributed by atoms with Crippen molar-refractivity contribution in [3.8, 4) is 17.6 Å². The smallest absolute Gasteiger partial charge is 0.305 e. The van der Waals surface area contributed by atoms with Gasteiger partial charge in [0.15, 0.2) is 0 Å². The number of methoxy groups -OCH3 is 1. The van der Waals surface area contributed by atoms with Crippen LogP contribution in [0.15, 0.2) is 54.1 Å². The lowest BCUT2D eigenvalue weighted by Crippen LogP contribution is -2.01. The molecule has 0 fully saturated rings. The van der Waals surface area contributed by atoms with Gasteiger partial charge in [-0.3, -0.25) is 4.79 Å². The van der Waals surface area contributed by atoms with Crippen LogP contribution in [0.5, 0.6) is 11.5 Å². The highest BCUT2D eigenvalue weighted by Crippen LogP contribution is 2.31. The number of hydrogen-bond acceptors (Lipinski definition) is 5. The first-order valence-corrected chi connectivity index (χ1v) is 9.79. The second kappa shape index (κ2) is 11.6. The molecule has 2 rings (SSSR count). The maximum atomic E-state index is 11.4. The first-order chi connectivity index (χ1) is 14.1. The fraction of sp³-hybridized carbons (Fsp3) is 0.333. The number of carbonyl (C=O) groups excluding carboxylic acids is 1. The minimum absolute atomic E-state index is 0.272. The second-order valence-electron chi connectivity index (χ2n) is 6.31. The van der Waals surface area contributed by atoms with E-state index in [0.29, 0.717) is 31.6 Å². The van der Waals surface area contributed by atoms with Gasteiger partial charge in [-0.15, -0.1) is 0 Å². The van der Waals surface area contributed by atoms with Gasteiger partial charge in [0.1, 0.15) is 11.5 Å². The van der Waals surface area contributed by atoms with Gasteiger partial charge in [-0.1, -0.05) is 24.3 Å². The molecule has 0 bridgehead atoms. The number of nitriles is 1. The third-order valence-electron chi connectivity index (χ3n) is 4.38. The molecule has 0 aliphatic heterocycles. The average Bonchev–Trinajstić information content (AvgIpc) is 2.75. The van der Waals surface area contributed by atoms with Crippen molar-refractivity contribution < 1.29 is 19.0 Å². The number of carbonyl (C=O) groups is 1. The normalized spacial score (nSPS) is 10.0. The zero-order valence-corrected chi connectivity index (χ0v) is 17.2. The number of hydrogen-bond donors (Lipinski definition) is 0. The van der Waals surface area contributed by atoms with E-state index in [9.17, 15) is 10.1 Å². The summed E-state index contributed by atoms with van der Waals surface area (Å²) in [4.78, 5) is 11.4. The van der Waals surface area contributed by atoms with Gasteiger partial charge in [-0.05, 0) is 62.1 Å². The van der Waals surface area contributed by atoms with Gasteiger partial charge in [-0.25, -0.2) is 0 Å². The Labute approximate surface area is 172 Å². The van der Waals surface area contributed by atoms with Crippen molar-refractivity contribution in [3.63, 3.8) is 0 Å². The van der Waals surface area contributed by atoms with Crippen molar-refractivity contribution in [1.29, 1.82) is 5.26 Å². The van der Waals surface area contributed by atoms with Crippen LogP contribution in [0.4, 0.5) is 0 Å². The molecule has 0 heterocycles. The van der Waals surface area contributed by atoms with Crippen LogP contribution in [0.2, 0.25) is 0 Å². The molecule has 0 spiro atoms. The van der Waals surface area contributed by atoms with Crippen molar-refractivity contribution >= 4 is 11.5 Å². The van der Waals surface area contributed by atoms with Crippen LogP contribution in [0.1, 0.15) is 44.2 Å². The number of ether oxygens (including phenoxy) is 3. The monoisotopic (exact) mass is 393 g/mol. The first kappa shape index (κ1) is 22.0. The summed E-state index contributed by atoms with van der Waals surface area (Å²) in [5.41, 5.74) is 3.32. The van der Waals surface area contributed by atoms with E-state index in [-0.39, 0.29) is 12.4 Å². The SMILES string of the molecule is CCOc1ccc(C(=C(C#N)CCCC(=O)OC)c2ccc(OCC)cc2)cc1. The second-order valence-corrected chi connectivity index (χ2v) is 6.31. The Hall–Kier alpha value is -3.26. The Kier molecular flexibility index (Phi) is 8.78. The molecule has 29 heavy (non-hydrogen) atoms. The highest BCUT2D eigenvalue weighted by Gasteiger charge is 2.14. The summed E-state index contributed by atoms with van der Waals surface area (Å²) in [6.07, 6.45) is 1.32. The van der Waals surface area contributed by atoms with Crippen LogP contribution < -0.4 is 9.47 Å². The molecule has 152 valence electrons. The number of esters is 1. The highest BCUT2D eigenvalue weighted by atomic mass is 16.5. The van der Waals surface area contributed by atoms with E-state index in [1.54, 1.807) is 0 Å². The summed E-state index contributed by atoms with van der Waals surface area (Å²) in [5.74, 6) is 1.30. The molecule has 0 saturated heterocycles. The summed E-state index contributed by atoms with van der Waals surface area (Å²) in [6.45, 7) is 5.07. The summed E-state index contributed by atoms with van der Waals surface area (Å²) in [5, 5.41) is 9.85. The van der Waals surface area contributed by atoms with Crippen LogP contribution >= 0.6 is 0 Å². The van der Waals surface area contributed by atoms with Crippen LogP contribution in [0.3, 0.4) is 0 Å². The Balaban J connectivity index is 2.42. The molecule has 2 aromatic rings. The molecule has 0 unspecified atom stereocenters. The van der Waals surface area contributed by atoms with E-state index in [1.165, 1.54) is 7.11 Å². The van der Waals surface area contributed by atoms with Gasteiger partial charge in [0.05, 0.1) is 26.4 Å². The molecule has 0 radical (unpaired) electrons. The molecule has 2 aromatic carbocycles. The van der Waals surface area contributed by atoms with Crippen LogP contribution in [0.25, 0.3) is 5.57 Å². The van der Waals surface area contributed by atoms with E-state index in [0.717, 1.165) is 28.2 Å². The number of benzene rings is 2. The minimum Gasteiger partial charge on any atom is -0.494 e. The molecule has 5 heteroatoms. The molecule has 0 aromatic heterocycles. The molecule has 0 saturated carbocycles. The third kappa shape index (κ3) is 6.39. The lowest BCUT2D eigenvalue weighted by atomic mass is 9.91. The van der Waals surface area contributed by atoms with Gasteiger partial charge < -0.3 is 14.2 Å². The van der Waals surface area contributed by atoms with E-state index in [2.05, 4.69) is 6.07 Å². The Bertz CT molecular complexity index is 810. The van der Waals surface area contributed by atoms with Gasteiger partial charge >= 0.3 is 5.97 Å². The highest BCUT2D eigenvalue weighted by molar-refractivity contribution is 5.84. The zero-order chi connectivity index (χ0) is 21.1. The van der Waals surface area contributed by atoms with Crippen molar-refractivity contribution in [2.45, 2.75) is 33.1 Å². The lowest BCUT2D eigenvalue weighted by molar-refractivity contribution is -0.140. The molecular weight excluding hydrogens is 366 g/mol. The van der Waals surface area contributed by atoms with Gasteiger partial charge in [0, 0.05) is 17.6 Å². The van der Waals surface area contributed by atoms with Gasteiger partial charge in [0.2, 0.25) is 0 Å². The van der Waals surface area contributed by atoms with Crippen LogP contribution in [-0.4, -0.2) is 26.3 Å². The van der Waals surface area contributed by atoms with Crippen LogP contribution in [-0.2, 0) is 9.53 Å². The predicted octanol–water partition coefficient (Wildman–Crippen LogP) is 5.15. The molecule has 0 aliphatic carbocycles. The fourth-order valence-electron chi connectivity index (χ4n) is 3.03. The standard InChI is InChI=1S/C24H27NO4/c1-4-28-21-13-9-18(10-14-21)24(19-11-15-22(16-12-19)29-5-2)20(17-25)7-6-8-23(26)27-3/h9-16H,4-8H2,1-3H3. The summed E-state index contributed by atoms with van der Waals surface area (Å²) in [7, 11) is 1.37. The van der Waals surface area contributed by atoms with Crippen molar-refractivity contribution in [2.75, 3.05) is 20.3 Å². The number of allylic oxidation sites excluding steroid dienone is 1. The quantitative estimate of drug-likeness (QED) is 0.412. The van der Waals surface area contributed by atoms with Crippen molar-refractivity contribution in [3.05, 3.63) is 65.2 Å². The summed E-state index contributed by atoms with van der Waals surface area (Å²) in [6, 6.07) is 17.7. The molecule has 0 N–H and O–H groups in total. The first-order valence-electron chi connectivity index (χ1n) is 9.79. The van der Waals surface area contributed by atoms with E-state index < -0.39 is 0 Å². The molecule has 0 aliphatic rings. The minimum atomic E-state index is -0.272. The molecule has 5 nitrogen and oxygen atoms in total. The van der Waals surface area contributed by atoms with Crippen molar-refractivity contribution in [2.24, 2.45) is 0 Å². The van der Waals surface area contributed by atoms with Crippen molar-refractivity contribution in [1.82, 2.24) is 0 Å². The largest absolute Gasteiger partial charge is 0.494 e. The lowest BCUT2D eigenvalue weighted by Gasteiger charge is -2.14. The zero-order valence-electron chi connectivity index (χ0n) is 17.2. The maximum absolute atomic E-state index is 11.4. The van der Waals surface area contributed by atoms with Gasteiger partial charge in [-0.2, -0.15) is 5.26 Å². The van der Waals surface area contributed by atoms with Crippen LogP contribution in [0, 0.1) is 11.3 Å². The predicted molar refractivity (Wildman–Crippen MR) is 113 cm³/mol. The number of rotatable bonds is 10. The van der Waals surface area contributed by atoms with Gasteiger partial charge in [0.25, 0.3) is 0 Å². The van der Waals surface area contributed by atoms with E-state index in [1.807, 2.05) is 62.4 Å². The summed E-state index contributed by atoms with van der Waals surface area (Å²) >= 11 is 0. The maximum Gasteiger partial charge on any atom is 0.305 e. The van der Waals surface area contributed by atoms with E-state index in [4.69, 9.17) is 14.2 Å². The van der Waals surface area contributed by atoms with E-state index >= 15 is 0 Å². The Morgan fingerprint density at radius 2 is 1.34 bits per heavy atom. The Morgan fingerprint density at radius 3 is 1.72 bits per heavy atom. The molecule has 0 atom stereocenters. The Morgan fingerprint density at radius 1 is 0.862 bits per heavy atom. The average molecular weight is 393 g/mol. The fourth-order valence-corrected chi connectivity index (χ4v) is 3.03. The molecule has 0 amide bonds. The third-order valence-corrected chi connectivity index (χ3v) is 4.38. The summed E-state index contributed by atoms with van der Waals surface area (Å²) < 4.78 is 15.8. The molecular formula is C24H27NO4. The topological polar surface area (TPSA) is 68.5 Å². The number of nitrogens with zero attached hydrogens (tertiary/aromatic N) is 1.